The maximum absolute atomic E-state index is 2.46. The number of aryl methyl sites for hydroxylation is 1. The van der Waals surface area contributed by atoms with Gasteiger partial charge in [0.1, 0.15) is 0 Å². The summed E-state index contributed by atoms with van der Waals surface area (Å²) in [5.41, 5.74) is 3.26. The van der Waals surface area contributed by atoms with E-state index in [4.69, 9.17) is 0 Å². The van der Waals surface area contributed by atoms with Gasteiger partial charge in [0, 0.05) is 9.52 Å². The Labute approximate surface area is 261 Å². The second-order valence-electron chi connectivity index (χ2n) is 10.9. The molecule has 0 radical (unpaired) electrons. The second kappa shape index (κ2) is 25.9. The van der Waals surface area contributed by atoms with E-state index in [-0.39, 0.29) is 68.5 Å². The molecular formula is C31H53Cl3SiTi. The van der Waals surface area contributed by atoms with Crippen molar-refractivity contribution < 1.29 is 58.9 Å². The van der Waals surface area contributed by atoms with E-state index in [1.807, 2.05) is 0 Å². The van der Waals surface area contributed by atoms with Crippen molar-refractivity contribution in [2.75, 3.05) is 0 Å². The minimum Gasteiger partial charge on any atom is -1.00 e. The fraction of sp³-hybridized carbons (Fsp3) is 0.710. The van der Waals surface area contributed by atoms with Crippen LogP contribution in [0.2, 0.25) is 5.04 Å². The molecule has 0 fully saturated rings. The molecule has 0 saturated heterocycles. The van der Waals surface area contributed by atoms with Gasteiger partial charge in [-0.25, -0.2) is 6.07 Å². The van der Waals surface area contributed by atoms with Gasteiger partial charge in [-0.15, -0.1) is 0 Å². The Morgan fingerprint density at radius 3 is 1.67 bits per heavy atom. The van der Waals surface area contributed by atoms with Crippen LogP contribution < -0.4 is 42.4 Å². The Bertz CT molecular complexity index is 671. The minimum absolute atomic E-state index is 0. The predicted molar refractivity (Wildman–Crippen MR) is 149 cm³/mol. The van der Waals surface area contributed by atoms with Crippen LogP contribution in [0.3, 0.4) is 0 Å². The number of unbranched alkanes of at least 4 members (excludes halogenated alkanes) is 15. The Hall–Kier alpha value is 0.631. The van der Waals surface area contributed by atoms with Crippen LogP contribution in [-0.4, -0.2) is 9.52 Å². The van der Waals surface area contributed by atoms with Crippen molar-refractivity contribution in [3.05, 3.63) is 47.6 Å². The first-order valence-corrected chi connectivity index (χ1v) is 15.6. The van der Waals surface area contributed by atoms with Gasteiger partial charge in [0.15, 0.2) is 0 Å². The fourth-order valence-electron chi connectivity index (χ4n) is 5.32. The van der Waals surface area contributed by atoms with Crippen LogP contribution in [0.5, 0.6) is 0 Å². The first kappa shape index (κ1) is 41.1. The van der Waals surface area contributed by atoms with E-state index in [1.54, 1.807) is 16.3 Å². The SMILES string of the molecule is CCCCCCCCCCCCCCCCCCc1cc[c-]([SiH2]C2(C)C=CC=CC2)c1C.[Cl-].[Cl-].[Cl-].[Ti+4]. The van der Waals surface area contributed by atoms with E-state index < -0.39 is 0 Å². The minimum atomic E-state index is -0.257. The van der Waals surface area contributed by atoms with Crippen molar-refractivity contribution in [2.24, 2.45) is 0 Å². The van der Waals surface area contributed by atoms with Gasteiger partial charge in [-0.2, -0.15) is 22.4 Å². The van der Waals surface area contributed by atoms with Gasteiger partial charge in [-0.05, 0) is 11.5 Å². The molecule has 0 aliphatic heterocycles. The van der Waals surface area contributed by atoms with E-state index >= 15 is 0 Å². The molecule has 0 N–H and O–H groups in total. The molecule has 1 aliphatic rings. The summed E-state index contributed by atoms with van der Waals surface area (Å²) in [6.45, 7) is 7.15. The summed E-state index contributed by atoms with van der Waals surface area (Å²) in [4.78, 5) is 0. The van der Waals surface area contributed by atoms with Crippen LogP contribution >= 0.6 is 0 Å². The van der Waals surface area contributed by atoms with Crippen molar-refractivity contribution >= 4 is 14.7 Å². The van der Waals surface area contributed by atoms with Crippen molar-refractivity contribution in [1.82, 2.24) is 0 Å². The number of hydrogen-bond donors (Lipinski definition) is 0. The van der Waals surface area contributed by atoms with E-state index in [2.05, 4.69) is 57.2 Å². The standard InChI is InChI=1S/C31H53Si.3ClH.Ti/c1-4-5-6-7-8-9-10-11-12-13-14-15-16-17-18-20-23-29-24-25-30(28(29)2)32-31(3)26-21-19-22-27-31;;;;/h19,21-22,24-26H,4-18,20,23,27,32H2,1-3H3;3*1H;/q-1;;;;+4/p-3. The molecule has 0 bridgehead atoms. The molecule has 0 amide bonds. The fourth-order valence-corrected chi connectivity index (χ4v) is 7.48. The zero-order valence-electron chi connectivity index (χ0n) is 23.5. The van der Waals surface area contributed by atoms with Crippen LogP contribution in [0.1, 0.15) is 134 Å². The van der Waals surface area contributed by atoms with Crippen LogP contribution in [-0.2, 0) is 28.1 Å². The molecule has 2 rings (SSSR count). The zero-order chi connectivity index (χ0) is 22.9. The van der Waals surface area contributed by atoms with E-state index in [9.17, 15) is 0 Å². The van der Waals surface area contributed by atoms with Crippen molar-refractivity contribution in [1.29, 1.82) is 0 Å². The smallest absolute Gasteiger partial charge is 1.00 e. The first-order valence-electron chi connectivity index (χ1n) is 14.2. The van der Waals surface area contributed by atoms with Crippen LogP contribution in [0.4, 0.5) is 0 Å². The summed E-state index contributed by atoms with van der Waals surface area (Å²) in [6.07, 6.45) is 35.0. The van der Waals surface area contributed by atoms with Crippen LogP contribution in [0.25, 0.3) is 0 Å². The van der Waals surface area contributed by atoms with Crippen LogP contribution in [0.15, 0.2) is 36.4 Å². The summed E-state index contributed by atoms with van der Waals surface area (Å²) in [5, 5.41) is 2.15. The largest absolute Gasteiger partial charge is 4.00 e. The molecule has 1 aromatic rings. The quantitative estimate of drug-likeness (QED) is 0.118. The Kier molecular flexibility index (Phi) is 29.6. The van der Waals surface area contributed by atoms with Gasteiger partial charge in [0.25, 0.3) is 0 Å². The molecule has 1 aliphatic carbocycles. The molecule has 5 heteroatoms. The molecule has 0 spiro atoms. The third-order valence-electron chi connectivity index (χ3n) is 7.67. The third kappa shape index (κ3) is 18.0. The van der Waals surface area contributed by atoms with Gasteiger partial charge in [0.05, 0.1) is 0 Å². The molecule has 0 heterocycles. The average Bonchev–Trinajstić information content (AvgIpc) is 3.12. The summed E-state index contributed by atoms with van der Waals surface area (Å²) in [7, 11) is -0.257. The number of rotatable bonds is 19. The van der Waals surface area contributed by atoms with Crippen molar-refractivity contribution in [3.8, 4) is 0 Å². The van der Waals surface area contributed by atoms with Crippen molar-refractivity contribution in [2.45, 2.75) is 141 Å². The summed E-state index contributed by atoms with van der Waals surface area (Å²) in [6, 6.07) is 4.90. The van der Waals surface area contributed by atoms with Gasteiger partial charge in [0.2, 0.25) is 0 Å². The molecule has 0 saturated carbocycles. The van der Waals surface area contributed by atoms with E-state index in [0.717, 1.165) is 0 Å². The summed E-state index contributed by atoms with van der Waals surface area (Å²) in [5.74, 6) is 0. The normalized spacial score (nSPS) is 16.3. The maximum Gasteiger partial charge on any atom is 4.00 e. The Morgan fingerprint density at radius 1 is 0.750 bits per heavy atom. The number of hydrogen-bond acceptors (Lipinski definition) is 0. The number of halogens is 3. The molecule has 0 nitrogen and oxygen atoms in total. The second-order valence-corrected chi connectivity index (χ2v) is 13.6. The summed E-state index contributed by atoms with van der Waals surface area (Å²) < 4.78 is 0. The molecule has 36 heavy (non-hydrogen) atoms. The topological polar surface area (TPSA) is 0 Å². The van der Waals surface area contributed by atoms with Gasteiger partial charge in [-0.3, -0.25) is 0 Å². The van der Waals surface area contributed by atoms with Gasteiger partial charge in [-0.1, -0.05) is 154 Å². The predicted octanol–water partition coefficient (Wildman–Crippen LogP) is 0.0162. The Balaban J connectivity index is -0.00000272. The average molecular weight is 608 g/mol. The Morgan fingerprint density at radius 2 is 1.22 bits per heavy atom. The molecule has 1 atom stereocenters. The van der Waals surface area contributed by atoms with Crippen LogP contribution in [0, 0.1) is 6.92 Å². The molecule has 1 aromatic carbocycles. The maximum atomic E-state index is 2.46. The molecule has 1 unspecified atom stereocenters. The van der Waals surface area contributed by atoms with E-state index in [1.165, 1.54) is 116 Å². The molecule has 206 valence electrons. The summed E-state index contributed by atoms with van der Waals surface area (Å²) >= 11 is 0. The zero-order valence-corrected chi connectivity index (χ0v) is 28.8. The van der Waals surface area contributed by atoms with Gasteiger partial charge >= 0.3 is 21.7 Å². The monoisotopic (exact) mass is 606 g/mol. The van der Waals surface area contributed by atoms with E-state index in [0.29, 0.717) is 5.04 Å². The molecular weight excluding hydrogens is 555 g/mol. The third-order valence-corrected chi connectivity index (χ3v) is 10.2. The molecule has 0 aromatic heterocycles. The first-order chi connectivity index (χ1) is 15.6. The van der Waals surface area contributed by atoms with Gasteiger partial charge < -0.3 is 37.2 Å². The number of allylic oxidation sites excluding steroid dienone is 4. The van der Waals surface area contributed by atoms with Crippen molar-refractivity contribution in [3.63, 3.8) is 0 Å².